The second-order valence-corrected chi connectivity index (χ2v) is 4.81. The van der Waals surface area contributed by atoms with Gasteiger partial charge in [0.05, 0.1) is 6.04 Å². The first-order chi connectivity index (χ1) is 7.41. The van der Waals surface area contributed by atoms with E-state index in [0.29, 0.717) is 13.1 Å². The summed E-state index contributed by atoms with van der Waals surface area (Å²) >= 11 is 0. The summed E-state index contributed by atoms with van der Waals surface area (Å²) < 4.78 is 0. The van der Waals surface area contributed by atoms with Crippen LogP contribution in [0.4, 0.5) is 0 Å². The second-order valence-electron chi connectivity index (χ2n) is 4.81. The average molecular weight is 228 g/mol. The van der Waals surface area contributed by atoms with Gasteiger partial charge in [-0.3, -0.25) is 9.59 Å². The third-order valence-electron chi connectivity index (χ3n) is 3.06. The SMILES string of the molecule is CC(C)[C@@H](N)C(=O)N1CCC(CC(=O)O)C1. The van der Waals surface area contributed by atoms with E-state index in [2.05, 4.69) is 0 Å². The first kappa shape index (κ1) is 13.0. The molecule has 0 aromatic rings. The number of hydrogen-bond acceptors (Lipinski definition) is 3. The Hall–Kier alpha value is -1.10. The molecule has 92 valence electrons. The molecule has 1 saturated heterocycles. The third-order valence-corrected chi connectivity index (χ3v) is 3.06. The van der Waals surface area contributed by atoms with Gasteiger partial charge in [0.25, 0.3) is 0 Å². The Morgan fingerprint density at radius 1 is 1.50 bits per heavy atom. The van der Waals surface area contributed by atoms with Gasteiger partial charge in [0.2, 0.25) is 5.91 Å². The number of hydrogen-bond donors (Lipinski definition) is 2. The standard InChI is InChI=1S/C11H20N2O3/c1-7(2)10(12)11(16)13-4-3-8(6-13)5-9(14)15/h7-8,10H,3-6,12H2,1-2H3,(H,14,15)/t8?,10-/m1/s1. The minimum Gasteiger partial charge on any atom is -0.481 e. The Morgan fingerprint density at radius 3 is 2.62 bits per heavy atom. The van der Waals surface area contributed by atoms with Crippen molar-refractivity contribution in [2.75, 3.05) is 13.1 Å². The number of nitrogens with two attached hydrogens (primary N) is 1. The lowest BCUT2D eigenvalue weighted by atomic mass is 10.0. The van der Waals surface area contributed by atoms with E-state index in [1.807, 2.05) is 13.8 Å². The van der Waals surface area contributed by atoms with Gasteiger partial charge in [0.15, 0.2) is 0 Å². The summed E-state index contributed by atoms with van der Waals surface area (Å²) in [5.41, 5.74) is 5.78. The molecule has 1 heterocycles. The maximum absolute atomic E-state index is 11.9. The molecule has 0 bridgehead atoms. The Labute approximate surface area is 95.6 Å². The van der Waals surface area contributed by atoms with Gasteiger partial charge < -0.3 is 15.7 Å². The number of carboxylic acid groups (broad SMARTS) is 1. The van der Waals surface area contributed by atoms with Crippen molar-refractivity contribution >= 4 is 11.9 Å². The molecule has 16 heavy (non-hydrogen) atoms. The summed E-state index contributed by atoms with van der Waals surface area (Å²) in [6.45, 7) is 4.99. The molecule has 1 rings (SSSR count). The highest BCUT2D eigenvalue weighted by atomic mass is 16.4. The lowest BCUT2D eigenvalue weighted by molar-refractivity contribution is -0.138. The Balaban J connectivity index is 2.46. The summed E-state index contributed by atoms with van der Waals surface area (Å²) in [5, 5.41) is 8.67. The normalized spacial score (nSPS) is 22.5. The zero-order valence-electron chi connectivity index (χ0n) is 9.85. The summed E-state index contributed by atoms with van der Waals surface area (Å²) in [5.74, 6) is -0.651. The second kappa shape index (κ2) is 5.30. The van der Waals surface area contributed by atoms with Crippen molar-refractivity contribution in [1.29, 1.82) is 0 Å². The number of carbonyl (C=O) groups excluding carboxylic acids is 1. The highest BCUT2D eigenvalue weighted by Gasteiger charge is 2.31. The van der Waals surface area contributed by atoms with E-state index in [1.165, 1.54) is 0 Å². The first-order valence-corrected chi connectivity index (χ1v) is 5.68. The van der Waals surface area contributed by atoms with Crippen LogP contribution in [0.2, 0.25) is 0 Å². The zero-order chi connectivity index (χ0) is 12.3. The molecule has 3 N–H and O–H groups in total. The highest BCUT2D eigenvalue weighted by Crippen LogP contribution is 2.20. The number of nitrogens with zero attached hydrogens (tertiary/aromatic N) is 1. The summed E-state index contributed by atoms with van der Waals surface area (Å²) in [6.07, 6.45) is 0.906. The van der Waals surface area contributed by atoms with Crippen molar-refractivity contribution < 1.29 is 14.7 Å². The van der Waals surface area contributed by atoms with Crippen LogP contribution >= 0.6 is 0 Å². The molecule has 0 saturated carbocycles. The largest absolute Gasteiger partial charge is 0.481 e. The van der Waals surface area contributed by atoms with Gasteiger partial charge in [0, 0.05) is 19.5 Å². The lowest BCUT2D eigenvalue weighted by Crippen LogP contribution is -2.45. The van der Waals surface area contributed by atoms with Crippen molar-refractivity contribution in [3.05, 3.63) is 0 Å². The zero-order valence-corrected chi connectivity index (χ0v) is 9.85. The molecule has 1 fully saturated rings. The van der Waals surface area contributed by atoms with Crippen molar-refractivity contribution in [1.82, 2.24) is 4.90 Å². The highest BCUT2D eigenvalue weighted by molar-refractivity contribution is 5.82. The van der Waals surface area contributed by atoms with Crippen LogP contribution in [0, 0.1) is 11.8 Å². The van der Waals surface area contributed by atoms with E-state index in [1.54, 1.807) is 4.90 Å². The molecule has 1 aliphatic rings. The van der Waals surface area contributed by atoms with Gasteiger partial charge in [-0.05, 0) is 18.3 Å². The minimum absolute atomic E-state index is 0.0529. The van der Waals surface area contributed by atoms with E-state index in [0.717, 1.165) is 6.42 Å². The summed E-state index contributed by atoms with van der Waals surface area (Å²) in [6, 6.07) is -0.469. The molecule has 0 aromatic heterocycles. The molecule has 0 aromatic carbocycles. The fourth-order valence-corrected chi connectivity index (χ4v) is 1.94. The first-order valence-electron chi connectivity index (χ1n) is 5.68. The molecule has 5 heteroatoms. The molecular formula is C11H20N2O3. The Kier molecular flexibility index (Phi) is 4.29. The third kappa shape index (κ3) is 3.20. The molecule has 1 amide bonds. The topological polar surface area (TPSA) is 83.6 Å². The van der Waals surface area contributed by atoms with Gasteiger partial charge in [-0.15, -0.1) is 0 Å². The molecule has 1 unspecified atom stereocenters. The Morgan fingerprint density at radius 2 is 2.12 bits per heavy atom. The van der Waals surface area contributed by atoms with Crippen LogP contribution in [0.5, 0.6) is 0 Å². The van der Waals surface area contributed by atoms with Gasteiger partial charge in [-0.1, -0.05) is 13.8 Å². The fourth-order valence-electron chi connectivity index (χ4n) is 1.94. The number of likely N-dealkylation sites (tertiary alicyclic amines) is 1. The van der Waals surface area contributed by atoms with E-state index in [9.17, 15) is 9.59 Å². The van der Waals surface area contributed by atoms with Gasteiger partial charge >= 0.3 is 5.97 Å². The average Bonchev–Trinajstić information content (AvgIpc) is 2.62. The fraction of sp³-hybridized carbons (Fsp3) is 0.818. The van der Waals surface area contributed by atoms with Crippen molar-refractivity contribution in [2.24, 2.45) is 17.6 Å². The van der Waals surface area contributed by atoms with Crippen molar-refractivity contribution in [3.63, 3.8) is 0 Å². The number of aliphatic carboxylic acids is 1. The summed E-state index contributed by atoms with van der Waals surface area (Å²) in [7, 11) is 0. The van der Waals surface area contributed by atoms with Crippen molar-refractivity contribution in [3.8, 4) is 0 Å². The molecule has 0 radical (unpaired) electrons. The van der Waals surface area contributed by atoms with Gasteiger partial charge in [0.1, 0.15) is 0 Å². The van der Waals surface area contributed by atoms with E-state index >= 15 is 0 Å². The molecule has 5 nitrogen and oxygen atoms in total. The van der Waals surface area contributed by atoms with Crippen LogP contribution in [0.15, 0.2) is 0 Å². The van der Waals surface area contributed by atoms with Crippen LogP contribution in [-0.2, 0) is 9.59 Å². The summed E-state index contributed by atoms with van der Waals surface area (Å²) in [4.78, 5) is 24.1. The van der Waals surface area contributed by atoms with Gasteiger partial charge in [-0.25, -0.2) is 0 Å². The quantitative estimate of drug-likeness (QED) is 0.724. The monoisotopic (exact) mass is 228 g/mol. The maximum atomic E-state index is 11.9. The molecule has 0 spiro atoms. The smallest absolute Gasteiger partial charge is 0.303 e. The molecule has 2 atom stereocenters. The molecule has 0 aliphatic carbocycles. The van der Waals surface area contributed by atoms with E-state index in [4.69, 9.17) is 10.8 Å². The van der Waals surface area contributed by atoms with E-state index < -0.39 is 12.0 Å². The number of rotatable bonds is 4. The lowest BCUT2D eigenvalue weighted by Gasteiger charge is -2.22. The van der Waals surface area contributed by atoms with Crippen LogP contribution in [-0.4, -0.2) is 41.0 Å². The predicted molar refractivity (Wildman–Crippen MR) is 59.8 cm³/mol. The van der Waals surface area contributed by atoms with Gasteiger partial charge in [-0.2, -0.15) is 0 Å². The van der Waals surface area contributed by atoms with Crippen molar-refractivity contribution in [2.45, 2.75) is 32.7 Å². The minimum atomic E-state index is -0.799. The number of carboxylic acids is 1. The maximum Gasteiger partial charge on any atom is 0.303 e. The molecular weight excluding hydrogens is 208 g/mol. The Bertz CT molecular complexity index is 278. The number of carbonyl (C=O) groups is 2. The van der Waals surface area contributed by atoms with Crippen LogP contribution < -0.4 is 5.73 Å². The molecule has 1 aliphatic heterocycles. The number of amides is 1. The van der Waals surface area contributed by atoms with Crippen LogP contribution in [0.1, 0.15) is 26.7 Å². The van der Waals surface area contributed by atoms with E-state index in [-0.39, 0.29) is 24.2 Å². The predicted octanol–water partition coefficient (Wildman–Crippen LogP) is 0.293. The van der Waals surface area contributed by atoms with Crippen LogP contribution in [0.3, 0.4) is 0 Å². The van der Waals surface area contributed by atoms with Crippen LogP contribution in [0.25, 0.3) is 0 Å².